The van der Waals surface area contributed by atoms with Crippen LogP contribution in [0.25, 0.3) is 10.1 Å². The Bertz CT molecular complexity index is 747. The van der Waals surface area contributed by atoms with Gasteiger partial charge in [-0.3, -0.25) is 0 Å². The lowest BCUT2D eigenvalue weighted by Crippen LogP contribution is -2.47. The van der Waals surface area contributed by atoms with Crippen molar-refractivity contribution in [3.8, 4) is 0 Å². The van der Waals surface area contributed by atoms with Crippen LogP contribution in [-0.4, -0.2) is 32.8 Å². The number of fused-ring (bicyclic) bond motifs is 1. The van der Waals surface area contributed by atoms with Crippen molar-refractivity contribution in [3.05, 3.63) is 29.1 Å². The highest BCUT2D eigenvalue weighted by Crippen LogP contribution is 2.35. The van der Waals surface area contributed by atoms with Crippen LogP contribution in [0.3, 0.4) is 0 Å². The summed E-state index contributed by atoms with van der Waals surface area (Å²) in [7, 11) is -2.00. The number of rotatable bonds is 5. The van der Waals surface area contributed by atoms with Gasteiger partial charge in [-0.15, -0.1) is 11.3 Å². The van der Waals surface area contributed by atoms with Crippen molar-refractivity contribution >= 4 is 31.4 Å². The largest absolute Gasteiger partial charge is 0.391 e. The van der Waals surface area contributed by atoms with Gasteiger partial charge in [0.15, 0.2) is 0 Å². The number of aliphatic hydroxyl groups excluding tert-OH is 1. The molecule has 0 aliphatic heterocycles. The van der Waals surface area contributed by atoms with Crippen molar-refractivity contribution in [2.24, 2.45) is 0 Å². The molecule has 2 aromatic rings. The minimum atomic E-state index is -3.63. The molecule has 21 heavy (non-hydrogen) atoms. The predicted octanol–water partition coefficient (Wildman–Crippen LogP) is 1.85. The lowest BCUT2D eigenvalue weighted by atomic mass is 9.90. The number of aliphatic hydroxyl groups is 1. The van der Waals surface area contributed by atoms with Crippen LogP contribution in [0.15, 0.2) is 29.2 Å². The van der Waals surface area contributed by atoms with Crippen LogP contribution in [0.4, 0.5) is 0 Å². The molecule has 1 fully saturated rings. The van der Waals surface area contributed by atoms with Crippen molar-refractivity contribution in [1.29, 1.82) is 0 Å². The van der Waals surface area contributed by atoms with Gasteiger partial charge in [0, 0.05) is 23.2 Å². The van der Waals surface area contributed by atoms with Gasteiger partial charge < -0.3 is 9.84 Å². The zero-order valence-corrected chi connectivity index (χ0v) is 13.2. The maximum atomic E-state index is 12.6. The third-order valence-corrected chi connectivity index (χ3v) is 6.71. The van der Waals surface area contributed by atoms with Gasteiger partial charge in [0.2, 0.25) is 10.0 Å². The van der Waals surface area contributed by atoms with E-state index in [-0.39, 0.29) is 23.6 Å². The second-order valence-corrected chi connectivity index (χ2v) is 7.94. The van der Waals surface area contributed by atoms with E-state index < -0.39 is 10.0 Å². The van der Waals surface area contributed by atoms with Gasteiger partial charge in [-0.2, -0.15) is 0 Å². The second kappa shape index (κ2) is 5.66. The van der Waals surface area contributed by atoms with Crippen LogP contribution in [0.2, 0.25) is 0 Å². The Morgan fingerprint density at radius 2 is 2.10 bits per heavy atom. The third kappa shape index (κ3) is 2.72. The van der Waals surface area contributed by atoms with Gasteiger partial charge in [-0.05, 0) is 18.9 Å². The standard InChI is InChI=1S/C14H17NO4S2/c1-19-10-6-9(7-10)15-21(17,18)14-11-4-2-3-5-12(11)20-13(14)8-16/h2-5,9-10,15-16H,6-8H2,1H3. The first kappa shape index (κ1) is 14.9. The number of nitrogens with one attached hydrogen (secondary N) is 1. The van der Waals surface area contributed by atoms with Crippen molar-refractivity contribution in [2.45, 2.75) is 36.5 Å². The number of hydrogen-bond acceptors (Lipinski definition) is 5. The van der Waals surface area contributed by atoms with Gasteiger partial charge in [0.1, 0.15) is 4.90 Å². The van der Waals surface area contributed by atoms with E-state index in [0.717, 1.165) is 4.70 Å². The summed E-state index contributed by atoms with van der Waals surface area (Å²) in [6, 6.07) is 7.21. The topological polar surface area (TPSA) is 75.6 Å². The first-order chi connectivity index (χ1) is 10.0. The van der Waals surface area contributed by atoms with Crippen LogP contribution in [0, 0.1) is 0 Å². The fraction of sp³-hybridized carbons (Fsp3) is 0.429. The molecule has 3 rings (SSSR count). The Kier molecular flexibility index (Phi) is 4.02. The zero-order chi connectivity index (χ0) is 15.0. The summed E-state index contributed by atoms with van der Waals surface area (Å²) in [4.78, 5) is 0.692. The summed E-state index contributed by atoms with van der Waals surface area (Å²) >= 11 is 1.31. The van der Waals surface area contributed by atoms with Crippen LogP contribution in [0.1, 0.15) is 17.7 Å². The molecule has 1 saturated carbocycles. The van der Waals surface area contributed by atoms with Crippen molar-refractivity contribution in [1.82, 2.24) is 4.72 Å². The average Bonchev–Trinajstić information content (AvgIpc) is 2.81. The predicted molar refractivity (Wildman–Crippen MR) is 81.9 cm³/mol. The number of hydrogen-bond donors (Lipinski definition) is 2. The number of sulfonamides is 1. The zero-order valence-electron chi connectivity index (χ0n) is 11.6. The lowest BCUT2D eigenvalue weighted by Gasteiger charge is -2.34. The SMILES string of the molecule is COC1CC(NS(=O)(=O)c2c(CO)sc3ccccc23)C1. The molecule has 1 heterocycles. The number of benzene rings is 1. The van der Waals surface area contributed by atoms with Gasteiger partial charge in [0.05, 0.1) is 17.6 Å². The molecule has 5 nitrogen and oxygen atoms in total. The Balaban J connectivity index is 1.95. The molecule has 0 radical (unpaired) electrons. The highest BCUT2D eigenvalue weighted by atomic mass is 32.2. The van der Waals surface area contributed by atoms with Crippen molar-refractivity contribution < 1.29 is 18.3 Å². The monoisotopic (exact) mass is 327 g/mol. The molecule has 0 bridgehead atoms. The van der Waals surface area contributed by atoms with Crippen LogP contribution in [0.5, 0.6) is 0 Å². The molecule has 0 atom stereocenters. The van der Waals surface area contributed by atoms with Crippen LogP contribution >= 0.6 is 11.3 Å². The molecule has 0 unspecified atom stereocenters. The minimum Gasteiger partial charge on any atom is -0.391 e. The van der Waals surface area contributed by atoms with E-state index in [1.54, 1.807) is 19.2 Å². The highest BCUT2D eigenvalue weighted by molar-refractivity contribution is 7.90. The molecule has 0 amide bonds. The molecule has 2 N–H and O–H groups in total. The van der Waals surface area contributed by atoms with Gasteiger partial charge >= 0.3 is 0 Å². The van der Waals surface area contributed by atoms with Crippen molar-refractivity contribution in [3.63, 3.8) is 0 Å². The summed E-state index contributed by atoms with van der Waals surface area (Å²) in [5, 5.41) is 10.1. The summed E-state index contributed by atoms with van der Waals surface area (Å²) in [5.74, 6) is 0. The summed E-state index contributed by atoms with van der Waals surface area (Å²) < 4.78 is 34.0. The molecule has 7 heteroatoms. The Morgan fingerprint density at radius 3 is 2.76 bits per heavy atom. The van der Waals surface area contributed by atoms with E-state index in [1.165, 1.54) is 11.3 Å². The number of ether oxygens (including phenoxy) is 1. The first-order valence-corrected chi connectivity index (χ1v) is 9.01. The van der Waals surface area contributed by atoms with Gasteiger partial charge in [-0.1, -0.05) is 18.2 Å². The minimum absolute atomic E-state index is 0.0924. The third-order valence-electron chi connectivity index (χ3n) is 3.78. The fourth-order valence-corrected chi connectivity index (χ4v) is 5.66. The maximum Gasteiger partial charge on any atom is 0.242 e. The van der Waals surface area contributed by atoms with Crippen LogP contribution in [-0.2, 0) is 21.4 Å². The Hall–Kier alpha value is -0.990. The van der Waals surface area contributed by atoms with Gasteiger partial charge in [0.25, 0.3) is 0 Å². The summed E-state index contributed by atoms with van der Waals surface area (Å²) in [5.41, 5.74) is 0. The molecule has 0 saturated heterocycles. The second-order valence-electron chi connectivity index (χ2n) is 5.16. The highest BCUT2D eigenvalue weighted by Gasteiger charge is 2.34. The molecule has 0 spiro atoms. The number of thiophene rings is 1. The molecular formula is C14H17NO4S2. The molecule has 1 aromatic carbocycles. The van der Waals surface area contributed by atoms with Crippen LogP contribution < -0.4 is 4.72 Å². The van der Waals surface area contributed by atoms with E-state index in [0.29, 0.717) is 23.1 Å². The fourth-order valence-electron chi connectivity index (χ4n) is 2.60. The lowest BCUT2D eigenvalue weighted by molar-refractivity contribution is 0.0236. The number of methoxy groups -OCH3 is 1. The molecule has 1 aliphatic carbocycles. The first-order valence-electron chi connectivity index (χ1n) is 6.71. The quantitative estimate of drug-likeness (QED) is 0.879. The average molecular weight is 327 g/mol. The Morgan fingerprint density at radius 1 is 1.38 bits per heavy atom. The summed E-state index contributed by atoms with van der Waals surface area (Å²) in [6.07, 6.45) is 1.51. The molecule has 1 aliphatic rings. The Labute approximate surface area is 127 Å². The van der Waals surface area contributed by atoms with E-state index in [2.05, 4.69) is 4.72 Å². The van der Waals surface area contributed by atoms with E-state index in [1.807, 2.05) is 12.1 Å². The van der Waals surface area contributed by atoms with Gasteiger partial charge in [-0.25, -0.2) is 13.1 Å². The normalized spacial score (nSPS) is 22.4. The molecular weight excluding hydrogens is 310 g/mol. The van der Waals surface area contributed by atoms with Crippen molar-refractivity contribution in [2.75, 3.05) is 7.11 Å². The van der Waals surface area contributed by atoms with E-state index in [9.17, 15) is 13.5 Å². The maximum absolute atomic E-state index is 12.6. The summed E-state index contributed by atoms with van der Waals surface area (Å²) in [6.45, 7) is -0.277. The molecule has 1 aromatic heterocycles. The molecule has 114 valence electrons. The van der Waals surface area contributed by atoms with E-state index in [4.69, 9.17) is 4.74 Å². The van der Waals surface area contributed by atoms with E-state index >= 15 is 0 Å². The smallest absolute Gasteiger partial charge is 0.242 e.